The van der Waals surface area contributed by atoms with Crippen molar-refractivity contribution in [2.75, 3.05) is 25.9 Å². The number of sulfone groups is 1. The summed E-state index contributed by atoms with van der Waals surface area (Å²) in [5.74, 6) is 0.203. The molecule has 0 aromatic heterocycles. The minimum Gasteiger partial charge on any atom is -0.355 e. The summed E-state index contributed by atoms with van der Waals surface area (Å²) in [6.45, 7) is 4.06. The van der Waals surface area contributed by atoms with Crippen LogP contribution in [0.4, 0.5) is 0 Å². The SMILES string of the molecule is CC(C(=O)NCCC1CCCNC1)S(C)(=O)=O.Cl. The highest BCUT2D eigenvalue weighted by Gasteiger charge is 2.23. The Morgan fingerprint density at radius 3 is 2.67 bits per heavy atom. The second-order valence-electron chi connectivity index (χ2n) is 4.76. The summed E-state index contributed by atoms with van der Waals surface area (Å²) >= 11 is 0. The highest BCUT2D eigenvalue weighted by atomic mass is 35.5. The van der Waals surface area contributed by atoms with Crippen LogP contribution in [0.1, 0.15) is 26.2 Å². The molecule has 0 aromatic rings. The van der Waals surface area contributed by atoms with Crippen molar-refractivity contribution in [1.82, 2.24) is 10.6 Å². The normalized spacial score (nSPS) is 21.8. The number of rotatable bonds is 5. The van der Waals surface area contributed by atoms with Crippen LogP contribution in [0.2, 0.25) is 0 Å². The van der Waals surface area contributed by atoms with E-state index in [0.29, 0.717) is 12.5 Å². The predicted octanol–water partition coefficient (Wildman–Crippen LogP) is 0.347. The lowest BCUT2D eigenvalue weighted by atomic mass is 9.96. The van der Waals surface area contributed by atoms with Gasteiger partial charge in [0.05, 0.1) is 0 Å². The maximum absolute atomic E-state index is 11.5. The lowest BCUT2D eigenvalue weighted by Gasteiger charge is -2.22. The Morgan fingerprint density at radius 2 is 2.17 bits per heavy atom. The highest BCUT2D eigenvalue weighted by molar-refractivity contribution is 7.92. The van der Waals surface area contributed by atoms with Crippen LogP contribution in [-0.2, 0) is 14.6 Å². The summed E-state index contributed by atoms with van der Waals surface area (Å²) in [6.07, 6.45) is 4.36. The third kappa shape index (κ3) is 6.02. The molecule has 1 rings (SSSR count). The number of amides is 1. The topological polar surface area (TPSA) is 75.3 Å². The lowest BCUT2D eigenvalue weighted by molar-refractivity contribution is -0.120. The van der Waals surface area contributed by atoms with Crippen molar-refractivity contribution in [1.29, 1.82) is 0 Å². The molecule has 108 valence electrons. The van der Waals surface area contributed by atoms with Gasteiger partial charge in [0.25, 0.3) is 0 Å². The first kappa shape index (κ1) is 17.7. The van der Waals surface area contributed by atoms with Gasteiger partial charge < -0.3 is 10.6 Å². The number of halogens is 1. The second kappa shape index (κ2) is 7.96. The first-order chi connectivity index (χ1) is 7.91. The zero-order valence-corrected chi connectivity index (χ0v) is 12.6. The average Bonchev–Trinajstić information content (AvgIpc) is 2.28. The molecular formula is C11H23ClN2O3S. The van der Waals surface area contributed by atoms with Gasteiger partial charge in [-0.05, 0) is 45.2 Å². The number of nitrogens with one attached hydrogen (secondary N) is 2. The summed E-state index contributed by atoms with van der Waals surface area (Å²) < 4.78 is 22.3. The van der Waals surface area contributed by atoms with Gasteiger partial charge in [-0.2, -0.15) is 0 Å². The summed E-state index contributed by atoms with van der Waals surface area (Å²) in [5.41, 5.74) is 0. The molecular weight excluding hydrogens is 276 g/mol. The monoisotopic (exact) mass is 298 g/mol. The van der Waals surface area contributed by atoms with E-state index in [1.807, 2.05) is 0 Å². The van der Waals surface area contributed by atoms with Gasteiger partial charge in [0, 0.05) is 12.8 Å². The summed E-state index contributed by atoms with van der Waals surface area (Å²) in [7, 11) is -3.28. The highest BCUT2D eigenvalue weighted by Crippen LogP contribution is 2.12. The molecule has 18 heavy (non-hydrogen) atoms. The van der Waals surface area contributed by atoms with E-state index in [0.717, 1.165) is 25.8 Å². The van der Waals surface area contributed by atoms with Crippen LogP contribution in [0.15, 0.2) is 0 Å². The van der Waals surface area contributed by atoms with E-state index in [2.05, 4.69) is 10.6 Å². The Bertz CT molecular complexity index is 353. The number of hydrogen-bond donors (Lipinski definition) is 2. The Labute approximate surface area is 115 Å². The van der Waals surface area contributed by atoms with Crippen molar-refractivity contribution < 1.29 is 13.2 Å². The molecule has 0 spiro atoms. The largest absolute Gasteiger partial charge is 0.355 e. The first-order valence-corrected chi connectivity index (χ1v) is 8.04. The van der Waals surface area contributed by atoms with Crippen LogP contribution in [0.5, 0.6) is 0 Å². The smallest absolute Gasteiger partial charge is 0.238 e. The predicted molar refractivity (Wildman–Crippen MR) is 74.8 cm³/mol. The van der Waals surface area contributed by atoms with Gasteiger partial charge in [-0.3, -0.25) is 4.79 Å². The number of piperidine rings is 1. The maximum atomic E-state index is 11.5. The van der Waals surface area contributed by atoms with E-state index in [1.165, 1.54) is 19.8 Å². The molecule has 1 fully saturated rings. The molecule has 1 heterocycles. The van der Waals surface area contributed by atoms with Gasteiger partial charge in [-0.25, -0.2) is 8.42 Å². The van der Waals surface area contributed by atoms with Gasteiger partial charge in [0.1, 0.15) is 5.25 Å². The van der Waals surface area contributed by atoms with Crippen molar-refractivity contribution in [3.8, 4) is 0 Å². The zero-order valence-electron chi connectivity index (χ0n) is 10.9. The quantitative estimate of drug-likeness (QED) is 0.768. The van der Waals surface area contributed by atoms with E-state index in [9.17, 15) is 13.2 Å². The minimum absolute atomic E-state index is 0. The Balaban J connectivity index is 0.00000289. The fraction of sp³-hybridized carbons (Fsp3) is 0.909. The molecule has 0 aliphatic carbocycles. The summed E-state index contributed by atoms with van der Waals surface area (Å²) in [5, 5.41) is 5.05. The molecule has 0 radical (unpaired) electrons. The Hall–Kier alpha value is -0.330. The second-order valence-corrected chi connectivity index (χ2v) is 7.13. The molecule has 0 aromatic carbocycles. The van der Waals surface area contributed by atoms with Crippen LogP contribution in [0, 0.1) is 5.92 Å². The maximum Gasteiger partial charge on any atom is 0.238 e. The van der Waals surface area contributed by atoms with Gasteiger partial charge >= 0.3 is 0 Å². The fourth-order valence-corrected chi connectivity index (χ4v) is 2.38. The molecule has 2 atom stereocenters. The lowest BCUT2D eigenvalue weighted by Crippen LogP contribution is -2.39. The van der Waals surface area contributed by atoms with Crippen LogP contribution in [-0.4, -0.2) is 45.5 Å². The van der Waals surface area contributed by atoms with E-state index < -0.39 is 21.0 Å². The van der Waals surface area contributed by atoms with Gasteiger partial charge in [-0.1, -0.05) is 0 Å². The van der Waals surface area contributed by atoms with Crippen molar-refractivity contribution >= 4 is 28.2 Å². The molecule has 0 bridgehead atoms. The molecule has 1 saturated heterocycles. The van der Waals surface area contributed by atoms with Gasteiger partial charge in [-0.15, -0.1) is 12.4 Å². The summed E-state index contributed by atoms with van der Waals surface area (Å²) in [4.78, 5) is 11.5. The van der Waals surface area contributed by atoms with Gasteiger partial charge in [0.15, 0.2) is 9.84 Å². The Kier molecular flexibility index (Phi) is 7.82. The number of carbonyl (C=O) groups excluding carboxylic acids is 1. The molecule has 5 nitrogen and oxygen atoms in total. The van der Waals surface area contributed by atoms with Crippen LogP contribution >= 0.6 is 12.4 Å². The standard InChI is InChI=1S/C11H22N2O3S.ClH/c1-9(17(2,15)16)11(14)13-7-5-10-4-3-6-12-8-10;/h9-10,12H,3-8H2,1-2H3,(H,13,14);1H. The third-order valence-electron chi connectivity index (χ3n) is 3.26. The van der Waals surface area contributed by atoms with Gasteiger partial charge in [0.2, 0.25) is 5.91 Å². The summed E-state index contributed by atoms with van der Waals surface area (Å²) in [6, 6.07) is 0. The zero-order chi connectivity index (χ0) is 12.9. The van der Waals surface area contributed by atoms with E-state index >= 15 is 0 Å². The van der Waals surface area contributed by atoms with E-state index in [4.69, 9.17) is 0 Å². The van der Waals surface area contributed by atoms with Crippen LogP contribution in [0.3, 0.4) is 0 Å². The average molecular weight is 299 g/mol. The molecule has 2 N–H and O–H groups in total. The molecule has 2 unspecified atom stereocenters. The van der Waals surface area contributed by atoms with Crippen molar-refractivity contribution in [3.05, 3.63) is 0 Å². The first-order valence-electron chi connectivity index (χ1n) is 6.08. The van der Waals surface area contributed by atoms with Crippen molar-refractivity contribution in [2.45, 2.75) is 31.4 Å². The van der Waals surface area contributed by atoms with E-state index in [-0.39, 0.29) is 12.4 Å². The van der Waals surface area contributed by atoms with E-state index in [1.54, 1.807) is 0 Å². The molecule has 7 heteroatoms. The minimum atomic E-state index is -3.28. The Morgan fingerprint density at radius 1 is 1.50 bits per heavy atom. The van der Waals surface area contributed by atoms with Crippen molar-refractivity contribution in [3.63, 3.8) is 0 Å². The molecule has 0 saturated carbocycles. The number of carbonyl (C=O) groups is 1. The fourth-order valence-electron chi connectivity index (χ4n) is 1.91. The third-order valence-corrected chi connectivity index (χ3v) is 4.76. The number of hydrogen-bond acceptors (Lipinski definition) is 4. The molecule has 1 aliphatic heterocycles. The molecule has 1 aliphatic rings. The van der Waals surface area contributed by atoms with Crippen molar-refractivity contribution in [2.24, 2.45) is 5.92 Å². The molecule has 1 amide bonds. The van der Waals surface area contributed by atoms with Crippen LogP contribution in [0.25, 0.3) is 0 Å². The van der Waals surface area contributed by atoms with Crippen LogP contribution < -0.4 is 10.6 Å².